The molecule has 4 heteroatoms. The third-order valence-corrected chi connectivity index (χ3v) is 2.46. The predicted octanol–water partition coefficient (Wildman–Crippen LogP) is 1.74. The van der Waals surface area contributed by atoms with Crippen LogP contribution in [0.25, 0.3) is 0 Å². The molecule has 74 valence electrons. The molecule has 1 aromatic heterocycles. The topological polar surface area (TPSA) is 62.2 Å². The summed E-state index contributed by atoms with van der Waals surface area (Å²) in [6.07, 6.45) is 6.59. The number of carboxylic acid groups (broad SMARTS) is 1. The zero-order chi connectivity index (χ0) is 9.97. The van der Waals surface area contributed by atoms with Gasteiger partial charge in [-0.2, -0.15) is 0 Å². The van der Waals surface area contributed by atoms with Gasteiger partial charge >= 0.3 is 5.97 Å². The van der Waals surface area contributed by atoms with E-state index in [1.807, 2.05) is 0 Å². The van der Waals surface area contributed by atoms with Gasteiger partial charge in [-0.15, -0.1) is 0 Å². The summed E-state index contributed by atoms with van der Waals surface area (Å²) in [6.45, 7) is 0. The lowest BCUT2D eigenvalue weighted by molar-refractivity contribution is 0.0696. The van der Waals surface area contributed by atoms with Crippen molar-refractivity contribution in [2.24, 2.45) is 0 Å². The standard InChI is InChI=1S/C10H12N2O2/c13-10(14)7-4-9(6-11-5-7)12-8-2-1-3-8/h4-6,8,12H,1-3H2,(H,13,14). The van der Waals surface area contributed by atoms with Gasteiger partial charge in [0, 0.05) is 18.4 Å². The Labute approximate surface area is 82.0 Å². The third-order valence-electron chi connectivity index (χ3n) is 2.46. The normalized spacial score (nSPS) is 16.0. The van der Waals surface area contributed by atoms with Crippen molar-refractivity contribution in [3.63, 3.8) is 0 Å². The minimum absolute atomic E-state index is 0.231. The molecular formula is C10H12N2O2. The van der Waals surface area contributed by atoms with E-state index in [0.29, 0.717) is 6.04 Å². The second-order valence-corrected chi connectivity index (χ2v) is 3.54. The van der Waals surface area contributed by atoms with Gasteiger partial charge in [-0.1, -0.05) is 0 Å². The number of nitrogens with one attached hydrogen (secondary N) is 1. The van der Waals surface area contributed by atoms with Gasteiger partial charge in [0.05, 0.1) is 11.3 Å². The predicted molar refractivity (Wildman–Crippen MR) is 52.5 cm³/mol. The fraction of sp³-hybridized carbons (Fsp3) is 0.400. The summed E-state index contributed by atoms with van der Waals surface area (Å²) in [5.74, 6) is -0.935. The molecule has 1 heterocycles. The van der Waals surface area contributed by atoms with Crippen molar-refractivity contribution in [2.45, 2.75) is 25.3 Å². The minimum Gasteiger partial charge on any atom is -0.478 e. The maximum atomic E-state index is 10.7. The van der Waals surface area contributed by atoms with Crippen molar-refractivity contribution in [3.05, 3.63) is 24.0 Å². The summed E-state index contributed by atoms with van der Waals surface area (Å²) < 4.78 is 0. The van der Waals surface area contributed by atoms with E-state index < -0.39 is 5.97 Å². The molecule has 0 amide bonds. The number of hydrogen-bond donors (Lipinski definition) is 2. The quantitative estimate of drug-likeness (QED) is 0.765. The van der Waals surface area contributed by atoms with E-state index in [2.05, 4.69) is 10.3 Å². The van der Waals surface area contributed by atoms with Gasteiger partial charge in [0.1, 0.15) is 0 Å². The van der Waals surface area contributed by atoms with Gasteiger partial charge in [0.2, 0.25) is 0 Å². The number of aromatic carboxylic acids is 1. The molecular weight excluding hydrogens is 180 g/mol. The Morgan fingerprint density at radius 1 is 1.50 bits per heavy atom. The van der Waals surface area contributed by atoms with Crippen LogP contribution in [0.15, 0.2) is 18.5 Å². The van der Waals surface area contributed by atoms with Gasteiger partial charge in [-0.25, -0.2) is 4.79 Å². The van der Waals surface area contributed by atoms with E-state index in [9.17, 15) is 4.79 Å². The van der Waals surface area contributed by atoms with E-state index in [1.165, 1.54) is 12.6 Å². The van der Waals surface area contributed by atoms with E-state index in [1.54, 1.807) is 12.3 Å². The molecule has 0 atom stereocenters. The first kappa shape index (κ1) is 8.99. The van der Waals surface area contributed by atoms with Crippen LogP contribution < -0.4 is 5.32 Å². The molecule has 2 N–H and O–H groups in total. The smallest absolute Gasteiger partial charge is 0.337 e. The second-order valence-electron chi connectivity index (χ2n) is 3.54. The van der Waals surface area contributed by atoms with Crippen molar-refractivity contribution in [2.75, 3.05) is 5.32 Å². The molecule has 0 bridgehead atoms. The molecule has 0 aliphatic heterocycles. The number of carbonyl (C=O) groups is 1. The average Bonchev–Trinajstić information content (AvgIpc) is 2.12. The van der Waals surface area contributed by atoms with Crippen LogP contribution in [0, 0.1) is 0 Å². The molecule has 4 nitrogen and oxygen atoms in total. The number of carboxylic acids is 1. The summed E-state index contributed by atoms with van der Waals surface area (Å²) in [5, 5.41) is 12.0. The molecule has 0 aromatic carbocycles. The lowest BCUT2D eigenvalue weighted by Gasteiger charge is -2.27. The maximum Gasteiger partial charge on any atom is 0.337 e. The molecule has 0 saturated heterocycles. The average molecular weight is 192 g/mol. The van der Waals surface area contributed by atoms with E-state index in [0.717, 1.165) is 18.5 Å². The van der Waals surface area contributed by atoms with Gasteiger partial charge in [-0.05, 0) is 25.3 Å². The zero-order valence-corrected chi connectivity index (χ0v) is 7.73. The second kappa shape index (κ2) is 3.65. The Kier molecular flexibility index (Phi) is 2.35. The van der Waals surface area contributed by atoms with Gasteiger partial charge in [0.25, 0.3) is 0 Å². The minimum atomic E-state index is -0.935. The highest BCUT2D eigenvalue weighted by atomic mass is 16.4. The van der Waals surface area contributed by atoms with E-state index >= 15 is 0 Å². The summed E-state index contributed by atoms with van der Waals surface area (Å²) >= 11 is 0. The van der Waals surface area contributed by atoms with Crippen molar-refractivity contribution in [1.82, 2.24) is 4.98 Å². The van der Waals surface area contributed by atoms with Crippen molar-refractivity contribution in [3.8, 4) is 0 Å². The van der Waals surface area contributed by atoms with Crippen LogP contribution in [0.5, 0.6) is 0 Å². The molecule has 1 aromatic rings. The lowest BCUT2D eigenvalue weighted by Crippen LogP contribution is -2.27. The fourth-order valence-corrected chi connectivity index (χ4v) is 1.42. The molecule has 1 aliphatic rings. The molecule has 2 rings (SSSR count). The highest BCUT2D eigenvalue weighted by Crippen LogP contribution is 2.22. The SMILES string of the molecule is O=C(O)c1cncc(NC2CCC2)c1. The van der Waals surface area contributed by atoms with E-state index in [-0.39, 0.29) is 5.56 Å². The first-order valence-corrected chi connectivity index (χ1v) is 4.70. The number of nitrogens with zero attached hydrogens (tertiary/aromatic N) is 1. The molecule has 1 saturated carbocycles. The number of aromatic nitrogens is 1. The van der Waals surface area contributed by atoms with Gasteiger partial charge in [-0.3, -0.25) is 4.98 Å². The van der Waals surface area contributed by atoms with Crippen LogP contribution in [0.3, 0.4) is 0 Å². The van der Waals surface area contributed by atoms with Crippen LogP contribution in [0.1, 0.15) is 29.6 Å². The molecule has 14 heavy (non-hydrogen) atoms. The Balaban J connectivity index is 2.09. The Morgan fingerprint density at radius 2 is 2.29 bits per heavy atom. The number of anilines is 1. The number of rotatable bonds is 3. The largest absolute Gasteiger partial charge is 0.478 e. The fourth-order valence-electron chi connectivity index (χ4n) is 1.42. The zero-order valence-electron chi connectivity index (χ0n) is 7.73. The Bertz CT molecular complexity index is 348. The molecule has 1 fully saturated rings. The van der Waals surface area contributed by atoms with Crippen molar-refractivity contribution >= 4 is 11.7 Å². The van der Waals surface area contributed by atoms with E-state index in [4.69, 9.17) is 5.11 Å². The first-order valence-electron chi connectivity index (χ1n) is 4.70. The number of pyridine rings is 1. The monoisotopic (exact) mass is 192 g/mol. The summed E-state index contributed by atoms with van der Waals surface area (Å²) in [6, 6.07) is 2.12. The lowest BCUT2D eigenvalue weighted by atomic mass is 9.93. The Hall–Kier alpha value is -1.58. The molecule has 0 spiro atoms. The molecule has 0 radical (unpaired) electrons. The van der Waals surface area contributed by atoms with Crippen LogP contribution in [-0.2, 0) is 0 Å². The molecule has 1 aliphatic carbocycles. The summed E-state index contributed by atoms with van der Waals surface area (Å²) in [4.78, 5) is 14.5. The third kappa shape index (κ3) is 1.84. The highest BCUT2D eigenvalue weighted by molar-refractivity contribution is 5.88. The van der Waals surface area contributed by atoms with Crippen LogP contribution in [0.2, 0.25) is 0 Å². The van der Waals surface area contributed by atoms with Crippen LogP contribution in [-0.4, -0.2) is 22.1 Å². The first-order chi connectivity index (χ1) is 6.75. The maximum absolute atomic E-state index is 10.7. The van der Waals surface area contributed by atoms with Gasteiger partial charge in [0.15, 0.2) is 0 Å². The van der Waals surface area contributed by atoms with Crippen molar-refractivity contribution < 1.29 is 9.90 Å². The van der Waals surface area contributed by atoms with Crippen LogP contribution >= 0.6 is 0 Å². The van der Waals surface area contributed by atoms with Crippen molar-refractivity contribution in [1.29, 1.82) is 0 Å². The highest BCUT2D eigenvalue weighted by Gasteiger charge is 2.17. The summed E-state index contributed by atoms with van der Waals surface area (Å²) in [5.41, 5.74) is 1.03. The number of hydrogen-bond acceptors (Lipinski definition) is 3. The Morgan fingerprint density at radius 3 is 2.86 bits per heavy atom. The molecule has 0 unspecified atom stereocenters. The summed E-state index contributed by atoms with van der Waals surface area (Å²) in [7, 11) is 0. The van der Waals surface area contributed by atoms with Gasteiger partial charge < -0.3 is 10.4 Å². The van der Waals surface area contributed by atoms with Crippen LogP contribution in [0.4, 0.5) is 5.69 Å².